The van der Waals surface area contributed by atoms with E-state index < -0.39 is 12.0 Å². The van der Waals surface area contributed by atoms with Gasteiger partial charge in [0.1, 0.15) is 6.04 Å². The number of amides is 1. The summed E-state index contributed by atoms with van der Waals surface area (Å²) in [6.07, 6.45) is 3.33. The molecule has 1 saturated heterocycles. The van der Waals surface area contributed by atoms with Gasteiger partial charge >= 0.3 is 5.97 Å². The Hall–Kier alpha value is -1.40. The van der Waals surface area contributed by atoms with Crippen LogP contribution in [0.3, 0.4) is 0 Å². The summed E-state index contributed by atoms with van der Waals surface area (Å²) in [6.45, 7) is 9.01. The first-order valence-electron chi connectivity index (χ1n) is 7.46. The molecule has 0 saturated carbocycles. The summed E-state index contributed by atoms with van der Waals surface area (Å²) in [4.78, 5) is 24.8. The van der Waals surface area contributed by atoms with Gasteiger partial charge in [-0.2, -0.15) is 0 Å². The average molecular weight is 297 g/mol. The molecule has 0 bridgehead atoms. The molecule has 6 nitrogen and oxygen atoms in total. The van der Waals surface area contributed by atoms with E-state index in [1.54, 1.807) is 6.08 Å². The first kappa shape index (κ1) is 17.7. The zero-order valence-electron chi connectivity index (χ0n) is 13.1. The minimum Gasteiger partial charge on any atom is -0.480 e. The lowest BCUT2D eigenvalue weighted by atomic mass is 9.93. The van der Waals surface area contributed by atoms with E-state index in [0.29, 0.717) is 13.0 Å². The molecular formula is C15H27N3O3. The van der Waals surface area contributed by atoms with Gasteiger partial charge in [-0.1, -0.05) is 13.0 Å². The predicted molar refractivity (Wildman–Crippen MR) is 82.0 cm³/mol. The van der Waals surface area contributed by atoms with Gasteiger partial charge in [-0.05, 0) is 32.4 Å². The third-order valence-corrected chi connectivity index (χ3v) is 3.90. The van der Waals surface area contributed by atoms with Crippen molar-refractivity contribution in [2.45, 2.75) is 44.8 Å². The van der Waals surface area contributed by atoms with Crippen LogP contribution in [0, 0.1) is 5.92 Å². The highest BCUT2D eigenvalue weighted by Crippen LogP contribution is 2.24. The monoisotopic (exact) mass is 297 g/mol. The molecule has 0 aromatic heterocycles. The molecule has 1 aliphatic rings. The maximum atomic E-state index is 11.5. The first-order chi connectivity index (χ1) is 9.88. The Balaban J connectivity index is 2.82. The van der Waals surface area contributed by atoms with Gasteiger partial charge in [-0.3, -0.25) is 14.9 Å². The number of carbonyl (C=O) groups is 2. The van der Waals surface area contributed by atoms with Crippen LogP contribution in [0.4, 0.5) is 0 Å². The molecule has 3 N–H and O–H groups in total. The molecule has 0 aliphatic carbocycles. The van der Waals surface area contributed by atoms with Gasteiger partial charge in [0.05, 0.1) is 6.04 Å². The zero-order valence-corrected chi connectivity index (χ0v) is 13.1. The highest BCUT2D eigenvalue weighted by atomic mass is 16.4. The number of rotatable bonds is 8. The standard InChI is InChI=1S/C15H27N3O3/c1-5-7-18(4)9-13(16-10(3)19)14-11(6-2)8-12(17-14)15(20)21/h6,11-14,17H,2,5,7-9H2,1,3-4H3,(H,16,19)(H,20,21)/t11-,12-,13+,14?/m1/s1. The number of carbonyl (C=O) groups excluding carboxylic acids is 1. The second-order valence-corrected chi connectivity index (χ2v) is 5.79. The number of hydrogen-bond donors (Lipinski definition) is 3. The van der Waals surface area contributed by atoms with Crippen molar-refractivity contribution < 1.29 is 14.7 Å². The van der Waals surface area contributed by atoms with Gasteiger partial charge in [0.25, 0.3) is 0 Å². The maximum absolute atomic E-state index is 11.5. The van der Waals surface area contributed by atoms with Gasteiger partial charge < -0.3 is 15.3 Å². The molecule has 4 atom stereocenters. The second-order valence-electron chi connectivity index (χ2n) is 5.79. The Morgan fingerprint density at radius 2 is 2.24 bits per heavy atom. The number of likely N-dealkylation sites (N-methyl/N-ethyl adjacent to an activating group) is 1. The van der Waals surface area contributed by atoms with E-state index in [2.05, 4.69) is 29.0 Å². The minimum absolute atomic E-state index is 0.0398. The van der Waals surface area contributed by atoms with Crippen molar-refractivity contribution in [1.82, 2.24) is 15.5 Å². The van der Waals surface area contributed by atoms with E-state index in [-0.39, 0.29) is 23.9 Å². The van der Waals surface area contributed by atoms with E-state index in [9.17, 15) is 14.7 Å². The van der Waals surface area contributed by atoms with Crippen LogP contribution in [0.5, 0.6) is 0 Å². The number of carboxylic acid groups (broad SMARTS) is 1. The van der Waals surface area contributed by atoms with Crippen LogP contribution in [0.25, 0.3) is 0 Å². The molecule has 1 rings (SSSR count). The topological polar surface area (TPSA) is 81.7 Å². The molecular weight excluding hydrogens is 270 g/mol. The van der Waals surface area contributed by atoms with Crippen molar-refractivity contribution in [2.75, 3.05) is 20.1 Å². The van der Waals surface area contributed by atoms with Crippen LogP contribution in [0.15, 0.2) is 12.7 Å². The molecule has 6 heteroatoms. The largest absolute Gasteiger partial charge is 0.480 e. The average Bonchev–Trinajstić information content (AvgIpc) is 2.81. The van der Waals surface area contributed by atoms with Crippen molar-refractivity contribution in [2.24, 2.45) is 5.92 Å². The zero-order chi connectivity index (χ0) is 16.0. The van der Waals surface area contributed by atoms with Crippen molar-refractivity contribution in [3.05, 3.63) is 12.7 Å². The summed E-state index contributed by atoms with van der Waals surface area (Å²) in [5, 5.41) is 15.3. The second kappa shape index (κ2) is 8.14. The fourth-order valence-electron chi connectivity index (χ4n) is 2.99. The number of carboxylic acids is 1. The fraction of sp³-hybridized carbons (Fsp3) is 0.733. The van der Waals surface area contributed by atoms with Crippen molar-refractivity contribution in [3.63, 3.8) is 0 Å². The number of nitrogens with zero attached hydrogens (tertiary/aromatic N) is 1. The lowest BCUT2D eigenvalue weighted by Crippen LogP contribution is -2.55. The molecule has 0 spiro atoms. The van der Waals surface area contributed by atoms with Crippen molar-refractivity contribution in [3.8, 4) is 0 Å². The Morgan fingerprint density at radius 3 is 2.71 bits per heavy atom. The summed E-state index contributed by atoms with van der Waals surface area (Å²) in [5.74, 6) is -0.917. The van der Waals surface area contributed by atoms with Crippen LogP contribution in [-0.2, 0) is 9.59 Å². The molecule has 1 fully saturated rings. The summed E-state index contributed by atoms with van der Waals surface area (Å²) in [6, 6.07) is -0.816. The van der Waals surface area contributed by atoms with Gasteiger partial charge in [-0.15, -0.1) is 6.58 Å². The Bertz CT molecular complexity index is 386. The lowest BCUT2D eigenvalue weighted by Gasteiger charge is -2.31. The minimum atomic E-state index is -0.854. The highest BCUT2D eigenvalue weighted by molar-refractivity contribution is 5.75. The summed E-state index contributed by atoms with van der Waals surface area (Å²) in [7, 11) is 2.00. The normalized spacial score (nSPS) is 26.6. The third-order valence-electron chi connectivity index (χ3n) is 3.90. The molecule has 1 heterocycles. The van der Waals surface area contributed by atoms with E-state index >= 15 is 0 Å². The van der Waals surface area contributed by atoms with Gasteiger partial charge in [-0.25, -0.2) is 0 Å². The quantitative estimate of drug-likeness (QED) is 0.567. The molecule has 1 unspecified atom stereocenters. The summed E-state index contributed by atoms with van der Waals surface area (Å²) < 4.78 is 0. The summed E-state index contributed by atoms with van der Waals surface area (Å²) >= 11 is 0. The van der Waals surface area contributed by atoms with Crippen LogP contribution in [0.2, 0.25) is 0 Å². The van der Waals surface area contributed by atoms with Crippen molar-refractivity contribution >= 4 is 11.9 Å². The third kappa shape index (κ3) is 5.13. The number of aliphatic carboxylic acids is 1. The SMILES string of the molecule is C=C[C@@H]1C[C@H](C(=O)O)NC1[C@H](CN(C)CCC)NC(C)=O. The Morgan fingerprint density at radius 1 is 1.57 bits per heavy atom. The molecule has 0 radical (unpaired) electrons. The lowest BCUT2D eigenvalue weighted by molar-refractivity contribution is -0.139. The fourth-order valence-corrected chi connectivity index (χ4v) is 2.99. The molecule has 120 valence electrons. The van der Waals surface area contributed by atoms with E-state index in [4.69, 9.17) is 0 Å². The van der Waals surface area contributed by atoms with Crippen LogP contribution < -0.4 is 10.6 Å². The molecule has 1 aliphatic heterocycles. The molecule has 0 aromatic rings. The maximum Gasteiger partial charge on any atom is 0.320 e. The predicted octanol–water partition coefficient (Wildman–Crippen LogP) is 0.450. The van der Waals surface area contributed by atoms with E-state index in [0.717, 1.165) is 13.0 Å². The first-order valence-corrected chi connectivity index (χ1v) is 7.46. The van der Waals surface area contributed by atoms with E-state index in [1.165, 1.54) is 6.92 Å². The number of nitrogens with one attached hydrogen (secondary N) is 2. The summed E-state index contributed by atoms with van der Waals surface area (Å²) in [5.41, 5.74) is 0. The smallest absolute Gasteiger partial charge is 0.320 e. The Kier molecular flexibility index (Phi) is 6.84. The number of hydrogen-bond acceptors (Lipinski definition) is 4. The van der Waals surface area contributed by atoms with E-state index in [1.807, 2.05) is 7.05 Å². The van der Waals surface area contributed by atoms with Gasteiger partial charge in [0, 0.05) is 19.5 Å². The molecule has 1 amide bonds. The van der Waals surface area contributed by atoms with Gasteiger partial charge in [0.15, 0.2) is 0 Å². The van der Waals surface area contributed by atoms with Crippen LogP contribution in [0.1, 0.15) is 26.7 Å². The molecule has 0 aromatic carbocycles. The van der Waals surface area contributed by atoms with Crippen LogP contribution in [-0.4, -0.2) is 60.1 Å². The Labute approximate surface area is 126 Å². The van der Waals surface area contributed by atoms with Gasteiger partial charge in [0.2, 0.25) is 5.91 Å². The molecule has 21 heavy (non-hydrogen) atoms. The highest BCUT2D eigenvalue weighted by Gasteiger charge is 2.40. The van der Waals surface area contributed by atoms with Crippen LogP contribution >= 0.6 is 0 Å². The van der Waals surface area contributed by atoms with Crippen molar-refractivity contribution in [1.29, 1.82) is 0 Å².